The van der Waals surface area contributed by atoms with Crippen LogP contribution in [0.5, 0.6) is 0 Å². The summed E-state index contributed by atoms with van der Waals surface area (Å²) < 4.78 is 5.30. The number of Topliss-reactive ketones (excluding diaryl/α,β-unsaturated/α-hetero) is 1. The standard InChI is InChI=1S/C26H25N3O3S2/c1-17-20(16-34-25-28-22-10-3-4-11-23(22)29-25)8-6-12-24(17)33-14-13-32-26(31)27-21-9-5-7-19(15-21)18(2)30/h3-12,15H,13-14,16H2,1-2H3,(H,27,31)(H,28,29). The summed E-state index contributed by atoms with van der Waals surface area (Å²) in [5.41, 5.74) is 5.57. The number of ether oxygens (including phenoxy) is 1. The molecule has 0 radical (unpaired) electrons. The first-order chi connectivity index (χ1) is 16.5. The van der Waals surface area contributed by atoms with Crippen molar-refractivity contribution in [2.45, 2.75) is 29.7 Å². The first-order valence-electron chi connectivity index (χ1n) is 10.8. The summed E-state index contributed by atoms with van der Waals surface area (Å²) in [5, 5.41) is 3.57. The lowest BCUT2D eigenvalue weighted by molar-refractivity contribution is 0.101. The number of hydrogen-bond acceptors (Lipinski definition) is 6. The largest absolute Gasteiger partial charge is 0.448 e. The van der Waals surface area contributed by atoms with Crippen LogP contribution < -0.4 is 5.32 Å². The van der Waals surface area contributed by atoms with Crippen molar-refractivity contribution in [3.05, 3.63) is 83.4 Å². The van der Waals surface area contributed by atoms with Crippen LogP contribution >= 0.6 is 23.5 Å². The van der Waals surface area contributed by atoms with Crippen LogP contribution in [0.25, 0.3) is 11.0 Å². The number of benzene rings is 3. The van der Waals surface area contributed by atoms with E-state index in [0.29, 0.717) is 17.0 Å². The second kappa shape index (κ2) is 11.3. The number of ketones is 1. The van der Waals surface area contributed by atoms with Gasteiger partial charge in [0.2, 0.25) is 0 Å². The molecule has 3 aromatic carbocycles. The molecule has 4 rings (SSSR count). The normalized spacial score (nSPS) is 10.9. The second-order valence-corrected chi connectivity index (χ2v) is 9.74. The Labute approximate surface area is 206 Å². The Morgan fingerprint density at radius 2 is 1.85 bits per heavy atom. The van der Waals surface area contributed by atoms with Crippen LogP contribution in [0.15, 0.2) is 76.8 Å². The van der Waals surface area contributed by atoms with Gasteiger partial charge >= 0.3 is 6.09 Å². The first kappa shape index (κ1) is 23.9. The fourth-order valence-corrected chi connectivity index (χ4v) is 5.23. The van der Waals surface area contributed by atoms with Gasteiger partial charge in [0.1, 0.15) is 6.61 Å². The smallest absolute Gasteiger partial charge is 0.411 e. The molecular formula is C26H25N3O3S2. The number of aromatic nitrogens is 2. The number of carbonyl (C=O) groups excluding carboxylic acids is 2. The van der Waals surface area contributed by atoms with Gasteiger partial charge in [-0.25, -0.2) is 9.78 Å². The van der Waals surface area contributed by atoms with Crippen LogP contribution in [0, 0.1) is 6.92 Å². The summed E-state index contributed by atoms with van der Waals surface area (Å²) in [6.45, 7) is 3.88. The highest BCUT2D eigenvalue weighted by Crippen LogP contribution is 2.29. The van der Waals surface area contributed by atoms with Crippen LogP contribution in [0.2, 0.25) is 0 Å². The highest BCUT2D eigenvalue weighted by atomic mass is 32.2. The van der Waals surface area contributed by atoms with E-state index in [0.717, 1.165) is 21.9 Å². The molecule has 0 aliphatic heterocycles. The lowest BCUT2D eigenvalue weighted by atomic mass is 10.1. The van der Waals surface area contributed by atoms with Gasteiger partial charge in [-0.15, -0.1) is 11.8 Å². The van der Waals surface area contributed by atoms with Gasteiger partial charge < -0.3 is 9.72 Å². The number of thioether (sulfide) groups is 2. The van der Waals surface area contributed by atoms with Crippen LogP contribution in [-0.2, 0) is 10.5 Å². The van der Waals surface area contributed by atoms with Gasteiger partial charge in [-0.3, -0.25) is 10.1 Å². The van der Waals surface area contributed by atoms with Crippen LogP contribution in [0.4, 0.5) is 10.5 Å². The van der Waals surface area contributed by atoms with Crippen LogP contribution in [0.3, 0.4) is 0 Å². The van der Waals surface area contributed by atoms with Crippen molar-refractivity contribution in [2.75, 3.05) is 17.7 Å². The number of nitrogens with one attached hydrogen (secondary N) is 2. The number of para-hydroxylation sites is 2. The lowest BCUT2D eigenvalue weighted by Gasteiger charge is -2.11. The minimum Gasteiger partial charge on any atom is -0.448 e. The zero-order valence-corrected chi connectivity index (χ0v) is 20.6. The Hall–Kier alpha value is -3.23. The van der Waals surface area contributed by atoms with Crippen molar-refractivity contribution < 1.29 is 14.3 Å². The molecule has 0 spiro atoms. The van der Waals surface area contributed by atoms with Gasteiger partial charge in [0.25, 0.3) is 0 Å². The number of aromatic amines is 1. The molecule has 4 aromatic rings. The van der Waals surface area contributed by atoms with E-state index in [1.165, 1.54) is 22.9 Å². The maximum absolute atomic E-state index is 12.1. The average molecular weight is 492 g/mol. The van der Waals surface area contributed by atoms with E-state index in [-0.39, 0.29) is 12.4 Å². The monoisotopic (exact) mass is 491 g/mol. The predicted molar refractivity (Wildman–Crippen MR) is 139 cm³/mol. The number of hydrogen-bond donors (Lipinski definition) is 2. The van der Waals surface area contributed by atoms with Gasteiger partial charge in [0, 0.05) is 27.7 Å². The molecule has 8 heteroatoms. The van der Waals surface area contributed by atoms with Gasteiger partial charge in [-0.2, -0.15) is 0 Å². The fraction of sp³-hybridized carbons (Fsp3) is 0.192. The molecule has 1 aromatic heterocycles. The summed E-state index contributed by atoms with van der Waals surface area (Å²) >= 11 is 3.34. The minimum atomic E-state index is -0.533. The van der Waals surface area contributed by atoms with E-state index in [4.69, 9.17) is 4.74 Å². The number of fused-ring (bicyclic) bond motifs is 1. The van der Waals surface area contributed by atoms with Crippen molar-refractivity contribution in [2.24, 2.45) is 0 Å². The van der Waals surface area contributed by atoms with E-state index in [1.54, 1.807) is 47.8 Å². The van der Waals surface area contributed by atoms with Gasteiger partial charge in [0.05, 0.1) is 11.0 Å². The average Bonchev–Trinajstić information content (AvgIpc) is 3.25. The molecule has 0 saturated carbocycles. The molecule has 1 heterocycles. The first-order valence-corrected chi connectivity index (χ1v) is 12.8. The lowest BCUT2D eigenvalue weighted by Crippen LogP contribution is -2.15. The topological polar surface area (TPSA) is 84.1 Å². The summed E-state index contributed by atoms with van der Waals surface area (Å²) in [6, 6.07) is 21.1. The number of nitrogens with zero attached hydrogens (tertiary/aromatic N) is 1. The maximum Gasteiger partial charge on any atom is 0.411 e. The number of amides is 1. The molecule has 0 aliphatic carbocycles. The van der Waals surface area contributed by atoms with Gasteiger partial charge in [-0.05, 0) is 55.3 Å². The van der Waals surface area contributed by atoms with Crippen molar-refractivity contribution in [1.82, 2.24) is 9.97 Å². The highest BCUT2D eigenvalue weighted by Gasteiger charge is 2.09. The van der Waals surface area contributed by atoms with Crippen molar-refractivity contribution in [3.8, 4) is 0 Å². The quantitative estimate of drug-likeness (QED) is 0.154. The molecule has 34 heavy (non-hydrogen) atoms. The molecule has 174 valence electrons. The van der Waals surface area contributed by atoms with Gasteiger partial charge in [0.15, 0.2) is 10.9 Å². The summed E-state index contributed by atoms with van der Waals surface area (Å²) in [6.07, 6.45) is -0.533. The summed E-state index contributed by atoms with van der Waals surface area (Å²) in [7, 11) is 0. The highest BCUT2D eigenvalue weighted by molar-refractivity contribution is 7.99. The molecule has 2 N–H and O–H groups in total. The number of rotatable bonds is 9. The zero-order valence-electron chi connectivity index (χ0n) is 19.0. The second-order valence-electron chi connectivity index (χ2n) is 7.63. The number of H-pyrrole nitrogens is 1. The number of imidazole rings is 1. The van der Waals surface area contributed by atoms with Crippen molar-refractivity contribution in [3.63, 3.8) is 0 Å². The van der Waals surface area contributed by atoms with Gasteiger partial charge in [-0.1, -0.05) is 48.2 Å². The zero-order chi connectivity index (χ0) is 23.9. The number of anilines is 1. The minimum absolute atomic E-state index is 0.0537. The van der Waals surface area contributed by atoms with Crippen molar-refractivity contribution in [1.29, 1.82) is 0 Å². The van der Waals surface area contributed by atoms with E-state index in [2.05, 4.69) is 40.4 Å². The van der Waals surface area contributed by atoms with Crippen molar-refractivity contribution >= 4 is 52.1 Å². The molecule has 0 saturated heterocycles. The van der Waals surface area contributed by atoms with E-state index in [9.17, 15) is 9.59 Å². The van der Waals surface area contributed by atoms with Crippen LogP contribution in [0.1, 0.15) is 28.4 Å². The molecule has 6 nitrogen and oxygen atoms in total. The Bertz CT molecular complexity index is 1290. The molecule has 0 fully saturated rings. The third kappa shape index (κ3) is 6.21. The van der Waals surface area contributed by atoms with E-state index >= 15 is 0 Å². The van der Waals surface area contributed by atoms with E-state index < -0.39 is 6.09 Å². The Morgan fingerprint density at radius 3 is 2.68 bits per heavy atom. The molecular weight excluding hydrogens is 466 g/mol. The molecule has 0 atom stereocenters. The Balaban J connectivity index is 1.25. The van der Waals surface area contributed by atoms with Crippen LogP contribution in [-0.4, -0.2) is 34.2 Å². The molecule has 0 bridgehead atoms. The molecule has 0 aliphatic rings. The summed E-state index contributed by atoms with van der Waals surface area (Å²) in [4.78, 5) is 32.7. The fourth-order valence-electron chi connectivity index (χ4n) is 3.37. The maximum atomic E-state index is 12.1. The predicted octanol–water partition coefficient (Wildman–Crippen LogP) is 6.71. The Kier molecular flexibility index (Phi) is 7.92. The van der Waals surface area contributed by atoms with E-state index in [1.807, 2.05) is 24.3 Å². The molecule has 1 amide bonds. The molecule has 0 unspecified atom stereocenters. The summed E-state index contributed by atoms with van der Waals surface area (Å²) in [5.74, 6) is 1.40. The third-order valence-corrected chi connectivity index (χ3v) is 7.26. The Morgan fingerprint density at radius 1 is 1.03 bits per heavy atom. The third-order valence-electron chi connectivity index (χ3n) is 5.22. The number of carbonyl (C=O) groups is 2. The SMILES string of the molecule is CC(=O)c1cccc(NC(=O)OCCSc2cccc(CSc3nc4ccccc4[nH]3)c2C)c1.